The lowest BCUT2D eigenvalue weighted by Gasteiger charge is -2.04. The van der Waals surface area contributed by atoms with E-state index < -0.39 is 0 Å². The van der Waals surface area contributed by atoms with Crippen LogP contribution in [0.15, 0.2) is 42.9 Å². The number of imidazole rings is 1. The molecule has 0 saturated carbocycles. The molecule has 3 rings (SSSR count). The van der Waals surface area contributed by atoms with Crippen LogP contribution in [0, 0.1) is 0 Å². The Bertz CT molecular complexity index is 673. The fraction of sp³-hybridized carbons (Fsp3) is 0.267. The number of hydrogen-bond donors (Lipinski definition) is 0. The van der Waals surface area contributed by atoms with Crippen LogP contribution in [0.25, 0.3) is 11.2 Å². The van der Waals surface area contributed by atoms with Gasteiger partial charge in [-0.25, -0.2) is 15.0 Å². The van der Waals surface area contributed by atoms with E-state index in [1.54, 1.807) is 0 Å². The Labute approximate surface area is 112 Å². The summed E-state index contributed by atoms with van der Waals surface area (Å²) in [5.74, 6) is 0.893. The summed E-state index contributed by atoms with van der Waals surface area (Å²) in [5.41, 5.74) is 3.02. The molecule has 0 unspecified atom stereocenters. The van der Waals surface area contributed by atoms with E-state index in [1.807, 2.05) is 30.7 Å². The lowest BCUT2D eigenvalue weighted by Crippen LogP contribution is -2.01. The Morgan fingerprint density at radius 2 is 1.95 bits per heavy atom. The summed E-state index contributed by atoms with van der Waals surface area (Å²) in [5, 5.41) is 0. The molecule has 0 saturated heterocycles. The molecule has 0 aliphatic rings. The zero-order valence-electron chi connectivity index (χ0n) is 11.0. The first kappa shape index (κ1) is 11.8. The molecule has 0 fully saturated rings. The smallest absolute Gasteiger partial charge is 0.163 e. The van der Waals surface area contributed by atoms with Gasteiger partial charge in [-0.15, -0.1) is 0 Å². The number of aryl methyl sites for hydroxylation is 1. The molecule has 4 heteroatoms. The normalized spacial score (nSPS) is 11.0. The maximum absolute atomic E-state index is 4.61. The molecule has 0 aliphatic heterocycles. The summed E-state index contributed by atoms with van der Waals surface area (Å²) >= 11 is 0. The Hall–Kier alpha value is -2.23. The quantitative estimate of drug-likeness (QED) is 0.717. The number of nitrogens with zero attached hydrogens (tertiary/aromatic N) is 4. The first-order valence-corrected chi connectivity index (χ1v) is 6.57. The van der Waals surface area contributed by atoms with E-state index in [-0.39, 0.29) is 0 Å². The predicted molar refractivity (Wildman–Crippen MR) is 74.9 cm³/mol. The fourth-order valence-electron chi connectivity index (χ4n) is 2.13. The van der Waals surface area contributed by atoms with Gasteiger partial charge in [0.1, 0.15) is 11.3 Å². The first-order chi connectivity index (χ1) is 9.36. The molecule has 0 amide bonds. The molecule has 0 bridgehead atoms. The van der Waals surface area contributed by atoms with Crippen molar-refractivity contribution < 1.29 is 0 Å². The van der Waals surface area contributed by atoms with Crippen molar-refractivity contribution in [2.45, 2.75) is 26.3 Å². The van der Waals surface area contributed by atoms with Crippen molar-refractivity contribution in [3.63, 3.8) is 0 Å². The van der Waals surface area contributed by atoms with Crippen molar-refractivity contribution in [2.75, 3.05) is 0 Å². The predicted octanol–water partition coefficient (Wildman–Crippen LogP) is 2.83. The third-order valence-electron chi connectivity index (χ3n) is 3.08. The van der Waals surface area contributed by atoms with Crippen LogP contribution in [-0.2, 0) is 13.0 Å². The minimum absolute atomic E-state index is 0.792. The lowest BCUT2D eigenvalue weighted by molar-refractivity contribution is 0.794. The van der Waals surface area contributed by atoms with Gasteiger partial charge in [-0.3, -0.25) is 0 Å². The molecule has 3 aromatic rings. The van der Waals surface area contributed by atoms with Crippen LogP contribution in [0.5, 0.6) is 0 Å². The van der Waals surface area contributed by atoms with Crippen LogP contribution in [0.2, 0.25) is 0 Å². The van der Waals surface area contributed by atoms with E-state index in [0.29, 0.717) is 0 Å². The minimum Gasteiger partial charge on any atom is -0.311 e. The summed E-state index contributed by atoms with van der Waals surface area (Å²) in [4.78, 5) is 13.3. The van der Waals surface area contributed by atoms with E-state index in [0.717, 1.165) is 36.4 Å². The van der Waals surface area contributed by atoms with Crippen LogP contribution < -0.4 is 0 Å². The molecular formula is C15H16N4. The SMILES string of the molecule is CCCc1ncc2ncn(Cc3ccccc3)c2n1. The Balaban J connectivity index is 1.97. The Morgan fingerprint density at radius 3 is 2.74 bits per heavy atom. The molecule has 0 spiro atoms. The van der Waals surface area contributed by atoms with Crippen LogP contribution in [0.3, 0.4) is 0 Å². The van der Waals surface area contributed by atoms with Gasteiger partial charge in [0.05, 0.1) is 19.1 Å². The summed E-state index contributed by atoms with van der Waals surface area (Å²) < 4.78 is 2.07. The second-order valence-electron chi connectivity index (χ2n) is 4.60. The number of fused-ring (bicyclic) bond motifs is 1. The topological polar surface area (TPSA) is 43.6 Å². The van der Waals surface area contributed by atoms with Gasteiger partial charge in [-0.2, -0.15) is 0 Å². The molecular weight excluding hydrogens is 236 g/mol. The Kier molecular flexibility index (Phi) is 3.23. The van der Waals surface area contributed by atoms with Crippen molar-refractivity contribution in [1.29, 1.82) is 0 Å². The zero-order chi connectivity index (χ0) is 13.1. The van der Waals surface area contributed by atoms with Crippen molar-refractivity contribution in [1.82, 2.24) is 19.5 Å². The molecule has 4 nitrogen and oxygen atoms in total. The molecule has 0 aliphatic carbocycles. The Morgan fingerprint density at radius 1 is 1.11 bits per heavy atom. The van der Waals surface area contributed by atoms with Crippen LogP contribution in [-0.4, -0.2) is 19.5 Å². The minimum atomic E-state index is 0.792. The average molecular weight is 252 g/mol. The first-order valence-electron chi connectivity index (χ1n) is 6.57. The zero-order valence-corrected chi connectivity index (χ0v) is 11.0. The highest BCUT2D eigenvalue weighted by atomic mass is 15.1. The molecule has 2 heterocycles. The monoisotopic (exact) mass is 252 g/mol. The number of rotatable bonds is 4. The van der Waals surface area contributed by atoms with Gasteiger partial charge in [0.2, 0.25) is 0 Å². The summed E-state index contributed by atoms with van der Waals surface area (Å²) in [6, 6.07) is 10.3. The van der Waals surface area contributed by atoms with Gasteiger partial charge in [0, 0.05) is 6.42 Å². The van der Waals surface area contributed by atoms with E-state index in [2.05, 4.69) is 38.6 Å². The summed E-state index contributed by atoms with van der Waals surface area (Å²) in [6.45, 7) is 2.93. The number of aromatic nitrogens is 4. The summed E-state index contributed by atoms with van der Waals surface area (Å²) in [7, 11) is 0. The van der Waals surface area contributed by atoms with Gasteiger partial charge in [-0.05, 0) is 12.0 Å². The maximum atomic E-state index is 4.61. The average Bonchev–Trinajstić information content (AvgIpc) is 2.83. The van der Waals surface area contributed by atoms with E-state index in [9.17, 15) is 0 Å². The van der Waals surface area contributed by atoms with Gasteiger partial charge < -0.3 is 4.57 Å². The highest BCUT2D eigenvalue weighted by molar-refractivity contribution is 5.69. The molecule has 0 N–H and O–H groups in total. The van der Waals surface area contributed by atoms with E-state index in [4.69, 9.17) is 0 Å². The summed E-state index contributed by atoms with van der Waals surface area (Å²) in [6.07, 6.45) is 5.61. The maximum Gasteiger partial charge on any atom is 0.163 e. The fourth-order valence-corrected chi connectivity index (χ4v) is 2.13. The van der Waals surface area contributed by atoms with Crippen molar-refractivity contribution in [3.05, 3.63) is 54.2 Å². The van der Waals surface area contributed by atoms with Gasteiger partial charge in [0.15, 0.2) is 5.65 Å². The van der Waals surface area contributed by atoms with Gasteiger partial charge in [0.25, 0.3) is 0 Å². The van der Waals surface area contributed by atoms with Gasteiger partial charge in [-0.1, -0.05) is 37.3 Å². The van der Waals surface area contributed by atoms with Crippen molar-refractivity contribution >= 4 is 11.2 Å². The molecule has 0 atom stereocenters. The van der Waals surface area contributed by atoms with Gasteiger partial charge >= 0.3 is 0 Å². The number of benzene rings is 1. The molecule has 0 radical (unpaired) electrons. The highest BCUT2D eigenvalue weighted by Crippen LogP contribution is 2.12. The largest absolute Gasteiger partial charge is 0.311 e. The van der Waals surface area contributed by atoms with Crippen LogP contribution in [0.4, 0.5) is 0 Å². The molecule has 19 heavy (non-hydrogen) atoms. The highest BCUT2D eigenvalue weighted by Gasteiger charge is 2.06. The number of hydrogen-bond acceptors (Lipinski definition) is 3. The third-order valence-corrected chi connectivity index (χ3v) is 3.08. The molecule has 1 aromatic carbocycles. The van der Waals surface area contributed by atoms with Crippen LogP contribution in [0.1, 0.15) is 24.7 Å². The van der Waals surface area contributed by atoms with Crippen LogP contribution >= 0.6 is 0 Å². The molecule has 2 aromatic heterocycles. The van der Waals surface area contributed by atoms with Crippen molar-refractivity contribution in [2.24, 2.45) is 0 Å². The van der Waals surface area contributed by atoms with E-state index >= 15 is 0 Å². The second kappa shape index (κ2) is 5.18. The third kappa shape index (κ3) is 2.47. The lowest BCUT2D eigenvalue weighted by atomic mass is 10.2. The standard InChI is InChI=1S/C15H16N4/c1-2-6-14-16-9-13-15(18-14)19(11-17-13)10-12-7-4-3-5-8-12/h3-5,7-9,11H,2,6,10H2,1H3. The van der Waals surface area contributed by atoms with E-state index in [1.165, 1.54) is 5.56 Å². The van der Waals surface area contributed by atoms with Crippen molar-refractivity contribution in [3.8, 4) is 0 Å². The molecule has 96 valence electrons. The second-order valence-corrected chi connectivity index (χ2v) is 4.60.